The quantitative estimate of drug-likeness (QED) is 0.150. The van der Waals surface area contributed by atoms with Gasteiger partial charge >= 0.3 is 0 Å². The van der Waals surface area contributed by atoms with Crippen LogP contribution in [0.2, 0.25) is 0 Å². The summed E-state index contributed by atoms with van der Waals surface area (Å²) in [7, 11) is 3.38. The maximum atomic E-state index is 13.9. The van der Waals surface area contributed by atoms with E-state index < -0.39 is 11.2 Å². The number of carbonyl (C=O) groups is 4. The summed E-state index contributed by atoms with van der Waals surface area (Å²) in [5.74, 6) is 1.34. The first-order chi connectivity index (χ1) is 33.3. The molecule has 14 nitrogen and oxygen atoms in total. The summed E-state index contributed by atoms with van der Waals surface area (Å²) in [6, 6.07) is 10.1. The molecule has 2 aromatic carbocycles. The van der Waals surface area contributed by atoms with Crippen molar-refractivity contribution in [3.05, 3.63) is 45.9 Å². The molecule has 0 aromatic heterocycles. The monoisotopic (exact) mass is 1020 g/mol. The minimum Gasteiger partial charge on any atom is -0.475 e. The molecule has 2 aliphatic carbocycles. The summed E-state index contributed by atoms with van der Waals surface area (Å²) in [5.41, 5.74) is 0.831. The van der Waals surface area contributed by atoms with Gasteiger partial charge in [0.1, 0.15) is 11.5 Å². The number of hydrogen-bond acceptors (Lipinski definition) is 10. The average molecular weight is 1020 g/mol. The second kappa shape index (κ2) is 24.6. The van der Waals surface area contributed by atoms with Gasteiger partial charge in [-0.3, -0.25) is 19.2 Å². The van der Waals surface area contributed by atoms with Crippen molar-refractivity contribution >= 4 is 50.9 Å². The van der Waals surface area contributed by atoms with Crippen LogP contribution in [0.25, 0.3) is 0 Å². The third kappa shape index (κ3) is 12.1. The highest BCUT2D eigenvalue weighted by molar-refractivity contribution is 9.10. The van der Waals surface area contributed by atoms with Crippen molar-refractivity contribution in [2.24, 2.45) is 0 Å². The van der Waals surface area contributed by atoms with Gasteiger partial charge in [-0.2, -0.15) is 0 Å². The van der Waals surface area contributed by atoms with Crippen LogP contribution in [0.4, 0.5) is 11.4 Å². The van der Waals surface area contributed by atoms with Crippen LogP contribution in [0.5, 0.6) is 11.5 Å². The van der Waals surface area contributed by atoms with Crippen LogP contribution in [0, 0.1) is 0 Å². The topological polar surface area (TPSA) is 137 Å². The number of benzene rings is 2. The van der Waals surface area contributed by atoms with Crippen LogP contribution in [0.3, 0.4) is 0 Å². The summed E-state index contributed by atoms with van der Waals surface area (Å²) >= 11 is 3.67. The predicted molar refractivity (Wildman–Crippen MR) is 271 cm³/mol. The highest BCUT2D eigenvalue weighted by Gasteiger charge is 2.51. The molecule has 4 heterocycles. The molecule has 0 radical (unpaired) electrons. The van der Waals surface area contributed by atoms with Crippen LogP contribution >= 0.6 is 15.9 Å². The summed E-state index contributed by atoms with van der Waals surface area (Å²) in [6.45, 7) is 12.8. The van der Waals surface area contributed by atoms with Gasteiger partial charge in [-0.05, 0) is 125 Å². The number of nitrogens with zero attached hydrogens (tertiary/aromatic N) is 4. The summed E-state index contributed by atoms with van der Waals surface area (Å²) < 4.78 is 35.0. The van der Waals surface area contributed by atoms with Crippen molar-refractivity contribution in [3.63, 3.8) is 0 Å². The first-order valence-electron chi connectivity index (χ1n) is 26.1. The van der Waals surface area contributed by atoms with Gasteiger partial charge in [0.2, 0.25) is 0 Å². The van der Waals surface area contributed by atoms with E-state index in [0.29, 0.717) is 117 Å². The van der Waals surface area contributed by atoms with E-state index in [4.69, 9.17) is 28.4 Å². The van der Waals surface area contributed by atoms with Gasteiger partial charge in [0.15, 0.2) is 11.2 Å². The molecule has 0 atom stereocenters. The van der Waals surface area contributed by atoms with E-state index in [-0.39, 0.29) is 47.8 Å². The predicted octanol–water partition coefficient (Wildman–Crippen LogP) is 9.90. The van der Waals surface area contributed by atoms with Crippen molar-refractivity contribution < 1.29 is 47.6 Å². The Hall–Kier alpha value is -3.76. The van der Waals surface area contributed by atoms with Crippen molar-refractivity contribution in [3.8, 4) is 11.5 Å². The third-order valence-corrected chi connectivity index (χ3v) is 15.7. The van der Waals surface area contributed by atoms with Gasteiger partial charge in [-0.1, -0.05) is 38.5 Å². The zero-order valence-electron chi connectivity index (χ0n) is 42.3. The minimum atomic E-state index is -0.899. The Bertz CT molecular complexity index is 2060. The Morgan fingerprint density at radius 1 is 0.638 bits per heavy atom. The van der Waals surface area contributed by atoms with E-state index in [9.17, 15) is 19.2 Å². The first-order valence-corrected chi connectivity index (χ1v) is 26.9. The van der Waals surface area contributed by atoms with Gasteiger partial charge in [-0.25, -0.2) is 0 Å². The van der Waals surface area contributed by atoms with Crippen LogP contribution in [0.1, 0.15) is 164 Å². The Labute approximate surface area is 419 Å². The number of carbonyl (C=O) groups excluding carboxylic acids is 4. The number of unbranched alkanes of at least 4 members (excludes halogenated alkanes) is 2. The molecule has 382 valence electrons. The van der Waals surface area contributed by atoms with E-state index in [1.165, 1.54) is 25.7 Å². The lowest BCUT2D eigenvalue weighted by Crippen LogP contribution is -2.58. The number of fused-ring (bicyclic) bond motifs is 2. The molecule has 4 fully saturated rings. The van der Waals surface area contributed by atoms with Crippen LogP contribution < -0.4 is 19.3 Å². The molecule has 6 aliphatic rings. The number of ether oxygens (including phenoxy) is 6. The number of anilines is 2. The normalized spacial score (nSPS) is 20.2. The van der Waals surface area contributed by atoms with Crippen molar-refractivity contribution in [2.75, 3.05) is 76.8 Å². The van der Waals surface area contributed by atoms with Gasteiger partial charge < -0.3 is 48.0 Å². The SMILES string of the molecule is COCCCCN1C(=O)C2(CCOCC2)Oc2cc(Br)c(C(=O)N(C(C)C)C3CCCCC3)cc21.COCCCCN1C(=O)C2(CCOCC2)Oc2ccc(C(=O)N(C(C)C)C3CCCCC3)cc21. The molecular weight excluding hydrogens is 945 g/mol. The fraction of sp³-hybridized carbons (Fsp3) is 0.704. The standard InChI is InChI=1S/C27H39BrN2O5.C27H40N2O5/c1-19(2)30(20-9-5-4-6-10-20)25(31)21-17-23-24(18-22(21)28)35-27(11-15-34-16-12-27)26(32)29(23)13-7-8-14-33-3;1-20(2)29(22-9-5-4-6-10-22)25(30)21-11-12-24-23(19-21)28(15-7-8-16-32-3)26(31)27(34-24)13-17-33-18-14-27/h17-20H,4-16H2,1-3H3;11-12,19-20,22H,4-10,13-18H2,1-3H3. The number of hydrogen-bond donors (Lipinski definition) is 0. The molecule has 2 spiro atoms. The van der Waals surface area contributed by atoms with E-state index in [1.807, 2.05) is 45.0 Å². The lowest BCUT2D eigenvalue weighted by molar-refractivity contribution is -0.144. The molecule has 4 aliphatic heterocycles. The first kappa shape index (κ1) is 53.0. The molecule has 0 N–H and O–H groups in total. The van der Waals surface area contributed by atoms with E-state index in [0.717, 1.165) is 64.2 Å². The minimum absolute atomic E-state index is 0.0136. The maximum Gasteiger partial charge on any atom is 0.271 e. The molecule has 2 aromatic rings. The Balaban J connectivity index is 0.000000204. The molecule has 2 saturated carbocycles. The van der Waals surface area contributed by atoms with Crippen molar-refractivity contribution in [2.45, 2.75) is 179 Å². The van der Waals surface area contributed by atoms with Crippen molar-refractivity contribution in [1.82, 2.24) is 9.80 Å². The fourth-order valence-electron chi connectivity index (χ4n) is 11.3. The number of amides is 4. The Morgan fingerprint density at radius 3 is 1.55 bits per heavy atom. The summed E-state index contributed by atoms with van der Waals surface area (Å²) in [5, 5.41) is 0. The smallest absolute Gasteiger partial charge is 0.271 e. The highest BCUT2D eigenvalue weighted by Crippen LogP contribution is 2.46. The third-order valence-electron chi connectivity index (χ3n) is 15.0. The zero-order chi connectivity index (χ0) is 49.1. The second-order valence-electron chi connectivity index (χ2n) is 20.4. The Morgan fingerprint density at radius 2 is 1.09 bits per heavy atom. The van der Waals surface area contributed by atoms with E-state index >= 15 is 0 Å². The van der Waals surface area contributed by atoms with Crippen LogP contribution in [-0.2, 0) is 28.5 Å². The largest absolute Gasteiger partial charge is 0.475 e. The van der Waals surface area contributed by atoms with Crippen LogP contribution in [0.15, 0.2) is 34.8 Å². The van der Waals surface area contributed by atoms with Crippen LogP contribution in [-0.4, -0.2) is 136 Å². The number of rotatable bonds is 16. The lowest BCUT2D eigenvalue weighted by Gasteiger charge is -2.44. The van der Waals surface area contributed by atoms with Crippen molar-refractivity contribution in [1.29, 1.82) is 0 Å². The average Bonchev–Trinajstić information content (AvgIpc) is 3.35. The molecule has 0 unspecified atom stereocenters. The summed E-state index contributed by atoms with van der Waals surface area (Å²) in [4.78, 5) is 62.9. The fourth-order valence-corrected chi connectivity index (χ4v) is 11.8. The number of halogens is 1. The molecular formula is C54H79BrN4O10. The molecule has 15 heteroatoms. The van der Waals surface area contributed by atoms with Gasteiger partial charge in [-0.15, -0.1) is 0 Å². The number of methoxy groups -OCH3 is 2. The van der Waals surface area contributed by atoms with Gasteiger partial charge in [0.25, 0.3) is 23.6 Å². The molecule has 69 heavy (non-hydrogen) atoms. The van der Waals surface area contributed by atoms with Gasteiger partial charge in [0, 0.05) is 100 Å². The lowest BCUT2D eigenvalue weighted by atomic mass is 9.89. The highest BCUT2D eigenvalue weighted by atomic mass is 79.9. The maximum absolute atomic E-state index is 13.9. The zero-order valence-corrected chi connectivity index (χ0v) is 43.9. The molecule has 4 amide bonds. The van der Waals surface area contributed by atoms with E-state index in [2.05, 4.69) is 48.5 Å². The molecule has 2 saturated heterocycles. The van der Waals surface area contributed by atoms with E-state index in [1.54, 1.807) is 14.2 Å². The second-order valence-corrected chi connectivity index (χ2v) is 21.3. The van der Waals surface area contributed by atoms with Gasteiger partial charge in [0.05, 0.1) is 43.4 Å². The summed E-state index contributed by atoms with van der Waals surface area (Å²) in [6.07, 6.45) is 16.9. The Kier molecular flexibility index (Phi) is 18.9. The molecule has 8 rings (SSSR count). The molecule has 0 bridgehead atoms.